The highest BCUT2D eigenvalue weighted by atomic mass is 32.1. The van der Waals surface area contributed by atoms with Crippen molar-refractivity contribution in [2.24, 2.45) is 22.2 Å². The third kappa shape index (κ3) is 2.95. The third-order valence-electron chi connectivity index (χ3n) is 7.18. The van der Waals surface area contributed by atoms with Crippen molar-refractivity contribution in [3.05, 3.63) is 29.3 Å². The van der Waals surface area contributed by atoms with Gasteiger partial charge in [-0.3, -0.25) is 0 Å². The van der Waals surface area contributed by atoms with E-state index in [1.165, 1.54) is 30.4 Å². The molecule has 0 unspecified atom stereocenters. The summed E-state index contributed by atoms with van der Waals surface area (Å²) >= 11 is 4.58. The van der Waals surface area contributed by atoms with Gasteiger partial charge in [0.15, 0.2) is 0 Å². The molecule has 3 aliphatic rings. The highest BCUT2D eigenvalue weighted by Crippen LogP contribution is 2.60. The molecule has 0 aliphatic heterocycles. The number of nitrogens with zero attached hydrogens (tertiary/aromatic N) is 1. The number of aliphatic hydroxyl groups is 1. The van der Waals surface area contributed by atoms with E-state index < -0.39 is 0 Å². The molecule has 2 saturated carbocycles. The van der Waals surface area contributed by atoms with Gasteiger partial charge in [-0.2, -0.15) is 0 Å². The lowest BCUT2D eigenvalue weighted by molar-refractivity contribution is -0.0226. The van der Waals surface area contributed by atoms with Crippen molar-refractivity contribution in [1.29, 1.82) is 0 Å². The number of ether oxygens (including phenoxy) is 1. The molecule has 5 atom stereocenters. The van der Waals surface area contributed by atoms with Crippen LogP contribution in [0.1, 0.15) is 56.1 Å². The van der Waals surface area contributed by atoms with Gasteiger partial charge in [0.05, 0.1) is 17.8 Å². The van der Waals surface area contributed by atoms with E-state index in [0.29, 0.717) is 25.0 Å². The number of aryl methyl sites for hydroxylation is 1. The molecule has 0 bridgehead atoms. The van der Waals surface area contributed by atoms with Gasteiger partial charge in [-0.05, 0) is 97.2 Å². The molecule has 0 heterocycles. The molecule has 3 nitrogen and oxygen atoms in total. The van der Waals surface area contributed by atoms with E-state index in [0.717, 1.165) is 30.9 Å². The van der Waals surface area contributed by atoms with Crippen LogP contribution < -0.4 is 4.74 Å². The number of fused-ring (bicyclic) bond motifs is 5. The average Bonchev–Trinajstić information content (AvgIpc) is 2.93. The fraction of sp³-hybridized carbons (Fsp3) is 0.667. The second kappa shape index (κ2) is 6.83. The maximum Gasteiger partial charge on any atom is 0.119 e. The molecule has 3 aliphatic carbocycles. The lowest BCUT2D eigenvalue weighted by atomic mass is 9.55. The van der Waals surface area contributed by atoms with Crippen molar-refractivity contribution in [1.82, 2.24) is 0 Å². The van der Waals surface area contributed by atoms with Gasteiger partial charge in [-0.15, -0.1) is 0 Å². The second-order valence-corrected chi connectivity index (χ2v) is 8.42. The molecular formula is C21H27NO2S. The summed E-state index contributed by atoms with van der Waals surface area (Å²) in [5.41, 5.74) is 3.15. The fourth-order valence-corrected chi connectivity index (χ4v) is 5.97. The molecule has 0 amide bonds. The number of benzene rings is 1. The van der Waals surface area contributed by atoms with E-state index in [2.05, 4.69) is 47.5 Å². The summed E-state index contributed by atoms with van der Waals surface area (Å²) in [5.74, 6) is 3.04. The summed E-state index contributed by atoms with van der Waals surface area (Å²) in [6, 6.07) is 6.63. The quantitative estimate of drug-likeness (QED) is 0.494. The van der Waals surface area contributed by atoms with Crippen molar-refractivity contribution in [3.8, 4) is 5.75 Å². The first-order valence-corrected chi connectivity index (χ1v) is 10.0. The molecule has 0 saturated heterocycles. The van der Waals surface area contributed by atoms with Crippen molar-refractivity contribution >= 4 is 17.4 Å². The predicted octanol–water partition coefficient (Wildman–Crippen LogP) is 4.39. The molecule has 0 aromatic heterocycles. The Labute approximate surface area is 155 Å². The average molecular weight is 358 g/mol. The maximum absolute atomic E-state index is 10.5. The lowest BCUT2D eigenvalue weighted by Crippen LogP contribution is -2.43. The molecule has 1 N–H and O–H groups in total. The topological polar surface area (TPSA) is 41.8 Å². The molecular weight excluding hydrogens is 330 g/mol. The molecule has 0 spiro atoms. The van der Waals surface area contributed by atoms with Crippen molar-refractivity contribution in [3.63, 3.8) is 0 Å². The van der Waals surface area contributed by atoms with Crippen molar-refractivity contribution in [2.45, 2.75) is 57.5 Å². The highest BCUT2D eigenvalue weighted by molar-refractivity contribution is 7.78. The fourth-order valence-electron chi connectivity index (χ4n) is 5.88. The minimum absolute atomic E-state index is 0.0920. The van der Waals surface area contributed by atoms with E-state index >= 15 is 0 Å². The van der Waals surface area contributed by atoms with Gasteiger partial charge in [0.1, 0.15) is 12.4 Å². The Morgan fingerprint density at radius 3 is 3.04 bits per heavy atom. The predicted molar refractivity (Wildman–Crippen MR) is 102 cm³/mol. The van der Waals surface area contributed by atoms with Gasteiger partial charge in [0.25, 0.3) is 0 Å². The van der Waals surface area contributed by atoms with Gasteiger partial charge >= 0.3 is 0 Å². The van der Waals surface area contributed by atoms with Crippen LogP contribution in [0, 0.1) is 17.3 Å². The summed E-state index contributed by atoms with van der Waals surface area (Å²) in [7, 11) is 0. The van der Waals surface area contributed by atoms with Crippen LogP contribution in [0.15, 0.2) is 23.2 Å². The van der Waals surface area contributed by atoms with E-state index in [-0.39, 0.29) is 11.5 Å². The van der Waals surface area contributed by atoms with Crippen LogP contribution in [-0.4, -0.2) is 29.5 Å². The molecule has 134 valence electrons. The first-order valence-electron chi connectivity index (χ1n) is 9.61. The Balaban J connectivity index is 1.52. The van der Waals surface area contributed by atoms with E-state index in [1.54, 1.807) is 0 Å². The number of hydrogen-bond donors (Lipinski definition) is 1. The van der Waals surface area contributed by atoms with Gasteiger partial charge < -0.3 is 9.84 Å². The van der Waals surface area contributed by atoms with Crippen LogP contribution in [0.4, 0.5) is 0 Å². The standard InChI is InChI=1S/C21H27NO2S/c1-21-9-8-17-16-5-3-15(24-11-10-22-13-25)12-14(16)2-4-18(17)19(21)6-7-20(21)23/h3,5,12,17-20,23H,2,4,6-11H2,1H3/t17-,18-,19+,20+,21+/m1/s1. The number of aliphatic imine (C=N–C) groups is 1. The molecule has 4 heteroatoms. The number of hydrogen-bond acceptors (Lipinski definition) is 4. The summed E-state index contributed by atoms with van der Waals surface area (Å²) in [6.07, 6.45) is 6.87. The molecule has 1 aromatic rings. The summed E-state index contributed by atoms with van der Waals surface area (Å²) in [6.45, 7) is 3.45. The van der Waals surface area contributed by atoms with Crippen LogP contribution >= 0.6 is 12.2 Å². The smallest absolute Gasteiger partial charge is 0.119 e. The van der Waals surface area contributed by atoms with Gasteiger partial charge in [-0.25, -0.2) is 4.99 Å². The number of aliphatic hydroxyl groups excluding tert-OH is 1. The van der Waals surface area contributed by atoms with Crippen molar-refractivity contribution < 1.29 is 9.84 Å². The summed E-state index contributed by atoms with van der Waals surface area (Å²) < 4.78 is 5.80. The number of rotatable bonds is 4. The van der Waals surface area contributed by atoms with E-state index in [1.807, 2.05) is 0 Å². The van der Waals surface area contributed by atoms with Gasteiger partial charge in [0, 0.05) is 0 Å². The zero-order chi connectivity index (χ0) is 17.4. The Hall–Kier alpha value is -1.22. The minimum Gasteiger partial charge on any atom is -0.492 e. The van der Waals surface area contributed by atoms with Crippen LogP contribution in [0.2, 0.25) is 0 Å². The number of thiocarbonyl (C=S) groups is 1. The van der Waals surface area contributed by atoms with Crippen LogP contribution in [-0.2, 0) is 6.42 Å². The Morgan fingerprint density at radius 2 is 2.20 bits per heavy atom. The Kier molecular flexibility index (Phi) is 4.70. The van der Waals surface area contributed by atoms with Crippen LogP contribution in [0.3, 0.4) is 0 Å². The highest BCUT2D eigenvalue weighted by Gasteiger charge is 2.54. The molecule has 25 heavy (non-hydrogen) atoms. The monoisotopic (exact) mass is 357 g/mol. The molecule has 0 radical (unpaired) electrons. The van der Waals surface area contributed by atoms with E-state index in [4.69, 9.17) is 4.74 Å². The SMILES string of the molecule is C[C@]12CC[C@@H]3c4ccc(OCCN=C=S)cc4CC[C@H]3[C@@H]1CC[C@@H]2O. The number of isothiocyanates is 1. The Morgan fingerprint density at radius 1 is 1.32 bits per heavy atom. The third-order valence-corrected chi connectivity index (χ3v) is 7.31. The van der Waals surface area contributed by atoms with Crippen LogP contribution in [0.25, 0.3) is 0 Å². The molecule has 4 rings (SSSR count). The van der Waals surface area contributed by atoms with Crippen LogP contribution in [0.5, 0.6) is 5.75 Å². The van der Waals surface area contributed by atoms with Crippen molar-refractivity contribution in [2.75, 3.05) is 13.2 Å². The first kappa shape index (κ1) is 17.2. The van der Waals surface area contributed by atoms with Gasteiger partial charge in [0.2, 0.25) is 0 Å². The first-order chi connectivity index (χ1) is 12.1. The lowest BCUT2D eigenvalue weighted by Gasteiger charge is -2.50. The molecule has 2 fully saturated rings. The summed E-state index contributed by atoms with van der Waals surface area (Å²) in [5, 5.41) is 12.9. The zero-order valence-corrected chi connectivity index (χ0v) is 15.7. The summed E-state index contributed by atoms with van der Waals surface area (Å²) in [4.78, 5) is 3.89. The molecule has 1 aromatic carbocycles. The zero-order valence-electron chi connectivity index (χ0n) is 14.9. The van der Waals surface area contributed by atoms with E-state index in [9.17, 15) is 5.11 Å². The largest absolute Gasteiger partial charge is 0.492 e. The normalized spacial score (nSPS) is 35.9. The maximum atomic E-state index is 10.5. The van der Waals surface area contributed by atoms with Gasteiger partial charge in [-0.1, -0.05) is 13.0 Å². The second-order valence-electron chi connectivity index (χ2n) is 8.24. The Bertz CT molecular complexity index is 699. The minimum atomic E-state index is -0.0920.